The summed E-state index contributed by atoms with van der Waals surface area (Å²) < 4.78 is 27.0. The van der Waals surface area contributed by atoms with E-state index < -0.39 is 0 Å². The predicted octanol–water partition coefficient (Wildman–Crippen LogP) is 10.8. The summed E-state index contributed by atoms with van der Waals surface area (Å²) in [7, 11) is 0. The van der Waals surface area contributed by atoms with Crippen LogP contribution < -0.4 is 9.47 Å². The van der Waals surface area contributed by atoms with Crippen LogP contribution >= 0.6 is 0 Å². The van der Waals surface area contributed by atoms with Crippen LogP contribution in [0.15, 0.2) is 42.5 Å². The van der Waals surface area contributed by atoms with E-state index in [0.717, 1.165) is 47.8 Å². The highest BCUT2D eigenvalue weighted by molar-refractivity contribution is 6.08. The number of rotatable bonds is 19. The van der Waals surface area contributed by atoms with Crippen molar-refractivity contribution in [3.05, 3.63) is 48.3 Å². The largest absolute Gasteiger partial charge is 0.494 e. The van der Waals surface area contributed by atoms with Crippen molar-refractivity contribution >= 4 is 21.5 Å². The highest BCUT2D eigenvalue weighted by atomic mass is 19.1. The van der Waals surface area contributed by atoms with Crippen molar-refractivity contribution in [2.45, 2.75) is 110 Å². The molecule has 0 bridgehead atoms. The molecule has 0 saturated carbocycles. The Morgan fingerprint density at radius 2 is 1.06 bits per heavy atom. The molecular weight excluding hydrogens is 447 g/mol. The van der Waals surface area contributed by atoms with Crippen LogP contribution in [0.5, 0.6) is 11.5 Å². The maximum atomic E-state index is 15.2. The second kappa shape index (κ2) is 16.5. The normalized spacial score (nSPS) is 11.4. The Hall–Kier alpha value is -2.29. The fraction of sp³-hybridized carbons (Fsp3) is 0.576. The van der Waals surface area contributed by atoms with Crippen LogP contribution in [-0.4, -0.2) is 13.2 Å². The molecule has 0 aliphatic carbocycles. The van der Waals surface area contributed by atoms with E-state index in [9.17, 15) is 0 Å². The van der Waals surface area contributed by atoms with Gasteiger partial charge in [0.05, 0.1) is 13.2 Å². The fourth-order valence-electron chi connectivity index (χ4n) is 4.94. The minimum atomic E-state index is -0.258. The van der Waals surface area contributed by atoms with Crippen molar-refractivity contribution in [2.24, 2.45) is 0 Å². The van der Waals surface area contributed by atoms with Gasteiger partial charge in [0.2, 0.25) is 0 Å². The summed E-state index contributed by atoms with van der Waals surface area (Å²) in [6.07, 6.45) is 19.0. The van der Waals surface area contributed by atoms with Gasteiger partial charge in [-0.3, -0.25) is 0 Å². The Morgan fingerprint density at radius 1 is 0.528 bits per heavy atom. The lowest BCUT2D eigenvalue weighted by atomic mass is 10.0. The molecule has 0 aromatic heterocycles. The molecular formula is C33H47FO2. The van der Waals surface area contributed by atoms with E-state index in [-0.39, 0.29) is 5.82 Å². The molecule has 0 aliphatic rings. The zero-order valence-electron chi connectivity index (χ0n) is 22.8. The maximum absolute atomic E-state index is 15.2. The third-order valence-electron chi connectivity index (χ3n) is 7.16. The second-order valence-electron chi connectivity index (χ2n) is 10.2. The molecule has 3 rings (SSSR count). The van der Waals surface area contributed by atoms with Crippen molar-refractivity contribution in [3.8, 4) is 11.5 Å². The molecule has 2 nitrogen and oxygen atoms in total. The summed E-state index contributed by atoms with van der Waals surface area (Å²) in [5.74, 6) is 0.989. The first-order valence-electron chi connectivity index (χ1n) is 14.6. The topological polar surface area (TPSA) is 18.5 Å². The summed E-state index contributed by atoms with van der Waals surface area (Å²) in [4.78, 5) is 0. The monoisotopic (exact) mass is 494 g/mol. The molecule has 0 saturated heterocycles. The van der Waals surface area contributed by atoms with Gasteiger partial charge in [-0.05, 0) is 53.3 Å². The van der Waals surface area contributed by atoms with Crippen LogP contribution in [0.2, 0.25) is 0 Å². The highest BCUT2D eigenvalue weighted by Crippen LogP contribution is 2.33. The molecule has 0 atom stereocenters. The number of ether oxygens (including phenoxy) is 2. The average molecular weight is 495 g/mol. The highest BCUT2D eigenvalue weighted by Gasteiger charge is 2.11. The van der Waals surface area contributed by atoms with E-state index in [4.69, 9.17) is 9.47 Å². The lowest BCUT2D eigenvalue weighted by molar-refractivity contribution is 0.291. The van der Waals surface area contributed by atoms with E-state index in [1.165, 1.54) is 77.0 Å². The molecule has 0 spiro atoms. The van der Waals surface area contributed by atoms with Crippen molar-refractivity contribution < 1.29 is 13.9 Å². The van der Waals surface area contributed by atoms with Crippen LogP contribution in [0.3, 0.4) is 0 Å². The van der Waals surface area contributed by atoms with Gasteiger partial charge in [0.15, 0.2) is 11.6 Å². The molecule has 0 aliphatic heterocycles. The Bertz CT molecular complexity index is 1030. The van der Waals surface area contributed by atoms with Gasteiger partial charge in [-0.2, -0.15) is 0 Å². The first-order chi connectivity index (χ1) is 17.7. The summed E-state index contributed by atoms with van der Waals surface area (Å²) in [6.45, 7) is 5.81. The standard InChI is InChI=1S/C33H47FO2/c1-3-5-7-9-11-12-13-15-16-24-35-28-19-21-29-27(26-28)18-20-31-30(29)22-23-32(33(31)34)36-25-17-14-10-8-6-4-2/h18-23,26H,3-17,24-25H2,1-2H3. The van der Waals surface area contributed by atoms with E-state index >= 15 is 4.39 Å². The van der Waals surface area contributed by atoms with Crippen LogP contribution in [0, 0.1) is 5.82 Å². The number of fused-ring (bicyclic) bond motifs is 3. The number of benzene rings is 3. The van der Waals surface area contributed by atoms with E-state index in [0.29, 0.717) is 17.7 Å². The molecule has 36 heavy (non-hydrogen) atoms. The van der Waals surface area contributed by atoms with E-state index in [1.54, 1.807) is 6.07 Å². The maximum Gasteiger partial charge on any atom is 0.172 e. The summed E-state index contributed by atoms with van der Waals surface area (Å²) >= 11 is 0. The van der Waals surface area contributed by atoms with Crippen LogP contribution in [0.1, 0.15) is 110 Å². The average Bonchev–Trinajstić information content (AvgIpc) is 2.90. The van der Waals surface area contributed by atoms with Gasteiger partial charge in [-0.1, -0.05) is 116 Å². The van der Waals surface area contributed by atoms with Gasteiger partial charge in [0.1, 0.15) is 5.75 Å². The number of hydrogen-bond donors (Lipinski definition) is 0. The number of hydrogen-bond acceptors (Lipinski definition) is 2. The molecule has 0 heterocycles. The van der Waals surface area contributed by atoms with Gasteiger partial charge in [-0.25, -0.2) is 4.39 Å². The van der Waals surface area contributed by atoms with Gasteiger partial charge in [0.25, 0.3) is 0 Å². The van der Waals surface area contributed by atoms with Gasteiger partial charge in [0, 0.05) is 5.39 Å². The minimum Gasteiger partial charge on any atom is -0.494 e. The van der Waals surface area contributed by atoms with Gasteiger partial charge >= 0.3 is 0 Å². The third kappa shape index (κ3) is 8.98. The van der Waals surface area contributed by atoms with Gasteiger partial charge < -0.3 is 9.47 Å². The van der Waals surface area contributed by atoms with E-state index in [1.807, 2.05) is 24.3 Å². The first-order valence-corrected chi connectivity index (χ1v) is 14.6. The zero-order chi connectivity index (χ0) is 25.4. The number of halogens is 1. The Labute approximate surface area is 218 Å². The lowest BCUT2D eigenvalue weighted by Crippen LogP contribution is -2.00. The molecule has 3 aromatic carbocycles. The number of unbranched alkanes of at least 4 members (excludes halogenated alkanes) is 13. The summed E-state index contributed by atoms with van der Waals surface area (Å²) in [5, 5.41) is 3.66. The Balaban J connectivity index is 1.47. The summed E-state index contributed by atoms with van der Waals surface area (Å²) in [5.41, 5.74) is 0. The molecule has 0 radical (unpaired) electrons. The molecule has 3 aromatic rings. The quantitative estimate of drug-likeness (QED) is 0.122. The van der Waals surface area contributed by atoms with E-state index in [2.05, 4.69) is 26.0 Å². The zero-order valence-corrected chi connectivity index (χ0v) is 22.8. The minimum absolute atomic E-state index is 0.258. The van der Waals surface area contributed by atoms with Crippen molar-refractivity contribution in [1.82, 2.24) is 0 Å². The third-order valence-corrected chi connectivity index (χ3v) is 7.16. The molecule has 198 valence electrons. The lowest BCUT2D eigenvalue weighted by Gasteiger charge is -2.12. The molecule has 0 amide bonds. The fourth-order valence-corrected chi connectivity index (χ4v) is 4.94. The molecule has 3 heteroatoms. The Kier molecular flexibility index (Phi) is 12.9. The second-order valence-corrected chi connectivity index (χ2v) is 10.2. The summed E-state index contributed by atoms with van der Waals surface area (Å²) in [6, 6.07) is 13.8. The Morgan fingerprint density at radius 3 is 1.69 bits per heavy atom. The smallest absolute Gasteiger partial charge is 0.172 e. The van der Waals surface area contributed by atoms with Crippen molar-refractivity contribution in [1.29, 1.82) is 0 Å². The first kappa shape index (κ1) is 28.3. The van der Waals surface area contributed by atoms with Crippen LogP contribution in [0.4, 0.5) is 4.39 Å². The van der Waals surface area contributed by atoms with Crippen LogP contribution in [0.25, 0.3) is 21.5 Å². The SMILES string of the molecule is CCCCCCCCCCCOc1ccc2c(ccc3c(F)c(OCCCCCCCC)ccc32)c1. The molecule has 0 fully saturated rings. The van der Waals surface area contributed by atoms with Gasteiger partial charge in [-0.15, -0.1) is 0 Å². The molecule has 0 unspecified atom stereocenters. The van der Waals surface area contributed by atoms with Crippen LogP contribution in [-0.2, 0) is 0 Å². The predicted molar refractivity (Wildman–Crippen MR) is 153 cm³/mol. The van der Waals surface area contributed by atoms with Crippen molar-refractivity contribution in [3.63, 3.8) is 0 Å². The van der Waals surface area contributed by atoms with Crippen molar-refractivity contribution in [2.75, 3.05) is 13.2 Å². The molecule has 0 N–H and O–H groups in total.